The lowest BCUT2D eigenvalue weighted by atomic mass is 10.2. The minimum absolute atomic E-state index is 0.102. The second kappa shape index (κ2) is 8.16. The maximum absolute atomic E-state index is 11.7. The predicted molar refractivity (Wildman–Crippen MR) is 79.8 cm³/mol. The summed E-state index contributed by atoms with van der Waals surface area (Å²) < 4.78 is 0. The van der Waals surface area contributed by atoms with Crippen LogP contribution in [0.2, 0.25) is 0 Å². The Balaban J connectivity index is 2.16. The first kappa shape index (κ1) is 16.0. The maximum Gasteiger partial charge on any atom is 0.316 e. The van der Waals surface area contributed by atoms with Gasteiger partial charge in [0.2, 0.25) is 5.91 Å². The van der Waals surface area contributed by atoms with Crippen LogP contribution in [0, 0.1) is 6.92 Å². The van der Waals surface area contributed by atoms with Gasteiger partial charge in [0.25, 0.3) is 0 Å². The Labute approximate surface area is 119 Å². The van der Waals surface area contributed by atoms with Crippen LogP contribution >= 0.6 is 0 Å². The van der Waals surface area contributed by atoms with Crippen LogP contribution in [0.25, 0.3) is 0 Å². The smallest absolute Gasteiger partial charge is 0.316 e. The molecule has 0 heterocycles. The fraction of sp³-hybridized carbons (Fsp3) is 0.429. The highest BCUT2D eigenvalue weighted by atomic mass is 16.2. The normalized spacial score (nSPS) is 9.95. The number of nitrogens with zero attached hydrogens (tertiary/aromatic N) is 1. The van der Waals surface area contributed by atoms with E-state index in [0.717, 1.165) is 11.3 Å². The van der Waals surface area contributed by atoms with Crippen LogP contribution in [0.4, 0.5) is 10.5 Å². The zero-order chi connectivity index (χ0) is 15.0. The van der Waals surface area contributed by atoms with Crippen LogP contribution in [-0.4, -0.2) is 50.6 Å². The topological polar surface area (TPSA) is 73.5 Å². The summed E-state index contributed by atoms with van der Waals surface area (Å²) in [5.74, 6) is -0.102. The molecular weight excluding hydrogens is 256 g/mol. The minimum atomic E-state index is -0.143. The number of aryl methyl sites for hydroxylation is 1. The predicted octanol–water partition coefficient (Wildman–Crippen LogP) is 0.794. The van der Waals surface area contributed by atoms with Gasteiger partial charge in [-0.2, -0.15) is 0 Å². The van der Waals surface area contributed by atoms with Gasteiger partial charge in [0.05, 0.1) is 6.54 Å². The number of anilines is 1. The Hall–Kier alpha value is -2.08. The first-order valence-corrected chi connectivity index (χ1v) is 6.51. The van der Waals surface area contributed by atoms with Crippen molar-refractivity contribution in [2.24, 2.45) is 0 Å². The molecule has 1 rings (SSSR count). The number of rotatable bonds is 6. The molecule has 3 amide bonds. The van der Waals surface area contributed by atoms with E-state index in [1.54, 1.807) is 14.1 Å². The number of hydrogen-bond acceptors (Lipinski definition) is 3. The highest BCUT2D eigenvalue weighted by Gasteiger charge is 2.03. The van der Waals surface area contributed by atoms with Gasteiger partial charge in [0.15, 0.2) is 0 Å². The second-order valence-electron chi connectivity index (χ2n) is 4.72. The average Bonchev–Trinajstić information content (AvgIpc) is 2.37. The van der Waals surface area contributed by atoms with E-state index in [-0.39, 0.29) is 18.5 Å². The van der Waals surface area contributed by atoms with Crippen LogP contribution in [-0.2, 0) is 4.79 Å². The van der Waals surface area contributed by atoms with E-state index >= 15 is 0 Å². The molecule has 110 valence electrons. The highest BCUT2D eigenvalue weighted by molar-refractivity contribution is 5.92. The lowest BCUT2D eigenvalue weighted by Gasteiger charge is -2.12. The van der Waals surface area contributed by atoms with E-state index in [4.69, 9.17) is 0 Å². The number of carbonyl (C=O) groups excluding carboxylic acids is 2. The first-order valence-electron chi connectivity index (χ1n) is 6.51. The SMILES string of the molecule is Cc1cccc(NC(=O)CNCCNC(=O)N(C)C)c1. The van der Waals surface area contributed by atoms with Crippen molar-refractivity contribution < 1.29 is 9.59 Å². The highest BCUT2D eigenvalue weighted by Crippen LogP contribution is 2.08. The van der Waals surface area contributed by atoms with Crippen LogP contribution < -0.4 is 16.0 Å². The summed E-state index contributed by atoms with van der Waals surface area (Å²) in [6, 6.07) is 7.49. The van der Waals surface area contributed by atoms with Crippen molar-refractivity contribution in [3.8, 4) is 0 Å². The fourth-order valence-corrected chi connectivity index (χ4v) is 1.55. The van der Waals surface area contributed by atoms with E-state index in [0.29, 0.717) is 13.1 Å². The number of carbonyl (C=O) groups is 2. The summed E-state index contributed by atoms with van der Waals surface area (Å²) in [4.78, 5) is 24.3. The largest absolute Gasteiger partial charge is 0.337 e. The molecule has 3 N–H and O–H groups in total. The van der Waals surface area contributed by atoms with Crippen LogP contribution in [0.5, 0.6) is 0 Å². The number of nitrogens with one attached hydrogen (secondary N) is 3. The van der Waals surface area contributed by atoms with Gasteiger partial charge in [0, 0.05) is 32.9 Å². The number of amides is 3. The molecule has 0 saturated heterocycles. The third-order valence-corrected chi connectivity index (χ3v) is 2.57. The molecule has 0 unspecified atom stereocenters. The van der Waals surface area contributed by atoms with Gasteiger partial charge in [-0.05, 0) is 24.6 Å². The third kappa shape index (κ3) is 6.19. The van der Waals surface area contributed by atoms with Gasteiger partial charge >= 0.3 is 6.03 Å². The van der Waals surface area contributed by atoms with Crippen LogP contribution in [0.3, 0.4) is 0 Å². The van der Waals surface area contributed by atoms with Gasteiger partial charge in [-0.15, -0.1) is 0 Å². The zero-order valence-electron chi connectivity index (χ0n) is 12.2. The summed E-state index contributed by atoms with van der Waals surface area (Å²) in [5, 5.41) is 8.48. The molecule has 0 aromatic heterocycles. The molecule has 0 aliphatic carbocycles. The lowest BCUT2D eigenvalue weighted by molar-refractivity contribution is -0.115. The molecule has 0 bridgehead atoms. The minimum Gasteiger partial charge on any atom is -0.337 e. The molecule has 0 fully saturated rings. The average molecular weight is 278 g/mol. The number of benzene rings is 1. The summed E-state index contributed by atoms with van der Waals surface area (Å²) in [6.07, 6.45) is 0. The molecule has 0 radical (unpaired) electrons. The standard InChI is InChI=1S/C14H22N4O2/c1-11-5-4-6-12(9-11)17-13(19)10-15-7-8-16-14(20)18(2)3/h4-6,9,15H,7-8,10H2,1-3H3,(H,16,20)(H,17,19). The Morgan fingerprint density at radius 3 is 2.60 bits per heavy atom. The molecule has 20 heavy (non-hydrogen) atoms. The van der Waals surface area contributed by atoms with E-state index in [1.165, 1.54) is 4.90 Å². The second-order valence-corrected chi connectivity index (χ2v) is 4.72. The van der Waals surface area contributed by atoms with E-state index in [2.05, 4.69) is 16.0 Å². The summed E-state index contributed by atoms with van der Waals surface area (Å²) in [6.45, 7) is 3.21. The molecular formula is C14H22N4O2. The Morgan fingerprint density at radius 1 is 1.20 bits per heavy atom. The van der Waals surface area contributed by atoms with Gasteiger partial charge in [-0.25, -0.2) is 4.79 Å². The Kier molecular flexibility index (Phi) is 6.52. The van der Waals surface area contributed by atoms with Crippen molar-refractivity contribution in [3.63, 3.8) is 0 Å². The lowest BCUT2D eigenvalue weighted by Crippen LogP contribution is -2.39. The van der Waals surface area contributed by atoms with E-state index in [9.17, 15) is 9.59 Å². The summed E-state index contributed by atoms with van der Waals surface area (Å²) in [5.41, 5.74) is 1.89. The molecule has 1 aromatic rings. The summed E-state index contributed by atoms with van der Waals surface area (Å²) in [7, 11) is 3.36. The van der Waals surface area contributed by atoms with Crippen molar-refractivity contribution in [2.45, 2.75) is 6.92 Å². The molecule has 0 atom stereocenters. The number of hydrogen-bond donors (Lipinski definition) is 3. The molecule has 0 aliphatic rings. The van der Waals surface area contributed by atoms with Crippen molar-refractivity contribution in [1.29, 1.82) is 0 Å². The first-order chi connectivity index (χ1) is 9.49. The van der Waals surface area contributed by atoms with Gasteiger partial charge in [0.1, 0.15) is 0 Å². The van der Waals surface area contributed by atoms with Crippen LogP contribution in [0.15, 0.2) is 24.3 Å². The molecule has 0 spiro atoms. The molecule has 0 aliphatic heterocycles. The molecule has 6 nitrogen and oxygen atoms in total. The molecule has 6 heteroatoms. The van der Waals surface area contributed by atoms with Crippen molar-refractivity contribution in [3.05, 3.63) is 29.8 Å². The zero-order valence-corrected chi connectivity index (χ0v) is 12.2. The van der Waals surface area contributed by atoms with E-state index < -0.39 is 0 Å². The molecule has 0 saturated carbocycles. The summed E-state index contributed by atoms with van der Waals surface area (Å²) >= 11 is 0. The van der Waals surface area contributed by atoms with Gasteiger partial charge in [-0.3, -0.25) is 4.79 Å². The van der Waals surface area contributed by atoms with E-state index in [1.807, 2.05) is 31.2 Å². The van der Waals surface area contributed by atoms with Crippen molar-refractivity contribution in [2.75, 3.05) is 39.0 Å². The number of urea groups is 1. The Morgan fingerprint density at radius 2 is 1.95 bits per heavy atom. The van der Waals surface area contributed by atoms with Gasteiger partial charge in [-0.1, -0.05) is 12.1 Å². The third-order valence-electron chi connectivity index (χ3n) is 2.57. The van der Waals surface area contributed by atoms with Crippen molar-refractivity contribution in [1.82, 2.24) is 15.5 Å². The quantitative estimate of drug-likeness (QED) is 0.674. The van der Waals surface area contributed by atoms with Crippen molar-refractivity contribution >= 4 is 17.6 Å². The monoisotopic (exact) mass is 278 g/mol. The van der Waals surface area contributed by atoms with Crippen LogP contribution in [0.1, 0.15) is 5.56 Å². The molecule has 1 aromatic carbocycles. The maximum atomic E-state index is 11.7. The van der Waals surface area contributed by atoms with Gasteiger partial charge < -0.3 is 20.9 Å². The Bertz CT molecular complexity index is 460. The fourth-order valence-electron chi connectivity index (χ4n) is 1.55.